The second-order valence-corrected chi connectivity index (χ2v) is 10.0. The molecule has 1 heterocycles. The van der Waals surface area contributed by atoms with E-state index in [1.807, 2.05) is 44.2 Å². The molecule has 0 saturated carbocycles. The van der Waals surface area contributed by atoms with Gasteiger partial charge in [0.2, 0.25) is 0 Å². The number of amides is 1. The van der Waals surface area contributed by atoms with Crippen molar-refractivity contribution in [3.05, 3.63) is 69.7 Å². The molecule has 3 rings (SSSR count). The number of hydrogen-bond donors (Lipinski definition) is 0. The molecule has 9 heteroatoms. The van der Waals surface area contributed by atoms with Gasteiger partial charge in [-0.2, -0.15) is 0 Å². The van der Waals surface area contributed by atoms with Crippen LogP contribution in [0.2, 0.25) is 0 Å². The van der Waals surface area contributed by atoms with Crippen LogP contribution in [0.3, 0.4) is 0 Å². The number of rotatable bonds is 9. The van der Waals surface area contributed by atoms with E-state index in [2.05, 4.69) is 17.2 Å². The highest BCUT2D eigenvalue weighted by Crippen LogP contribution is 2.27. The smallest absolute Gasteiger partial charge is 0.325 e. The summed E-state index contributed by atoms with van der Waals surface area (Å²) >= 11 is 8.60. The summed E-state index contributed by atoms with van der Waals surface area (Å²) in [6, 6.07) is 17.2. The van der Waals surface area contributed by atoms with E-state index < -0.39 is 5.97 Å². The molecule has 0 aliphatic carbocycles. The van der Waals surface area contributed by atoms with Gasteiger partial charge in [-0.25, -0.2) is 4.68 Å². The van der Waals surface area contributed by atoms with Crippen LogP contribution in [0.5, 0.6) is 0 Å². The van der Waals surface area contributed by atoms with E-state index in [0.29, 0.717) is 9.52 Å². The lowest BCUT2D eigenvalue weighted by atomic mass is 10.1. The van der Waals surface area contributed by atoms with E-state index in [1.54, 1.807) is 35.5 Å². The fourth-order valence-electron chi connectivity index (χ4n) is 2.95. The molecule has 0 atom stereocenters. The molecule has 0 fully saturated rings. The number of ether oxygens (including phenoxy) is 1. The minimum Gasteiger partial charge on any atom is -0.465 e. The number of hydrogen-bond acceptors (Lipinski definition) is 7. The van der Waals surface area contributed by atoms with E-state index >= 15 is 0 Å². The maximum atomic E-state index is 12.9. The molecule has 3 aromatic rings. The van der Waals surface area contributed by atoms with Crippen molar-refractivity contribution < 1.29 is 14.3 Å². The monoisotopic (exact) mass is 487 g/mol. The molecule has 0 saturated heterocycles. The molecular weight excluding hydrogens is 462 g/mol. The number of thioether (sulfide) groups is 1. The van der Waals surface area contributed by atoms with Crippen molar-refractivity contribution in [3.63, 3.8) is 0 Å². The van der Waals surface area contributed by atoms with Crippen molar-refractivity contribution in [2.24, 2.45) is 0 Å². The number of aromatic nitrogens is 2. The molecule has 2 aromatic carbocycles. The highest BCUT2D eigenvalue weighted by atomic mass is 32.2. The van der Waals surface area contributed by atoms with Crippen molar-refractivity contribution in [2.75, 3.05) is 13.2 Å². The van der Waals surface area contributed by atoms with E-state index in [-0.39, 0.29) is 25.1 Å². The van der Waals surface area contributed by atoms with Crippen molar-refractivity contribution in [3.8, 4) is 5.69 Å². The van der Waals surface area contributed by atoms with Gasteiger partial charge in [0.1, 0.15) is 6.54 Å². The molecule has 6 nitrogen and oxygen atoms in total. The summed E-state index contributed by atoms with van der Waals surface area (Å²) < 4.78 is 8.23. The molecule has 1 amide bonds. The standard InChI is InChI=1S/C23H25N3O3S3/c1-4-29-20(27)14-25(16(2)3)21(28)18-10-12-19(13-11-18)26-23(30)32-22(24-26)31-15-17-8-6-5-7-9-17/h5-13,16H,4,14-15H2,1-3H3. The van der Waals surface area contributed by atoms with E-state index in [9.17, 15) is 9.59 Å². The SMILES string of the molecule is CCOC(=O)CN(C(=O)c1ccc(-n2nc(SCc3ccccc3)sc2=S)cc1)C(C)C. The van der Waals surface area contributed by atoms with Gasteiger partial charge in [0.15, 0.2) is 8.29 Å². The first-order valence-electron chi connectivity index (χ1n) is 10.2. The van der Waals surface area contributed by atoms with Crippen LogP contribution in [0.15, 0.2) is 58.9 Å². The Hall–Kier alpha value is -2.49. The van der Waals surface area contributed by atoms with Crippen molar-refractivity contribution >= 4 is 47.2 Å². The summed E-state index contributed by atoms with van der Waals surface area (Å²) in [7, 11) is 0. The summed E-state index contributed by atoms with van der Waals surface area (Å²) in [6.07, 6.45) is 0. The molecule has 32 heavy (non-hydrogen) atoms. The lowest BCUT2D eigenvalue weighted by Crippen LogP contribution is -2.41. The highest BCUT2D eigenvalue weighted by molar-refractivity contribution is 8.00. The maximum Gasteiger partial charge on any atom is 0.325 e. The first-order valence-corrected chi connectivity index (χ1v) is 12.4. The Morgan fingerprint density at radius 3 is 2.47 bits per heavy atom. The molecular formula is C23H25N3O3S3. The van der Waals surface area contributed by atoms with Crippen LogP contribution in [0.1, 0.15) is 36.7 Å². The van der Waals surface area contributed by atoms with E-state index in [0.717, 1.165) is 15.8 Å². The average Bonchev–Trinajstić information content (AvgIpc) is 3.17. The van der Waals surface area contributed by atoms with Gasteiger partial charge in [-0.1, -0.05) is 53.4 Å². The highest BCUT2D eigenvalue weighted by Gasteiger charge is 2.22. The van der Waals surface area contributed by atoms with Gasteiger partial charge in [0.25, 0.3) is 5.91 Å². The van der Waals surface area contributed by atoms with Crippen LogP contribution in [-0.2, 0) is 15.3 Å². The normalized spacial score (nSPS) is 10.9. The van der Waals surface area contributed by atoms with Gasteiger partial charge >= 0.3 is 5.97 Å². The molecule has 1 aromatic heterocycles. The number of nitrogens with zero attached hydrogens (tertiary/aromatic N) is 3. The fraction of sp³-hybridized carbons (Fsp3) is 0.304. The molecule has 168 valence electrons. The predicted molar refractivity (Wildman–Crippen MR) is 131 cm³/mol. The van der Waals surface area contributed by atoms with Crippen molar-refractivity contribution in [2.45, 2.75) is 36.9 Å². The zero-order valence-electron chi connectivity index (χ0n) is 18.2. The van der Waals surface area contributed by atoms with Crippen LogP contribution in [-0.4, -0.2) is 45.8 Å². The zero-order chi connectivity index (χ0) is 23.1. The molecule has 0 N–H and O–H groups in total. The first-order chi connectivity index (χ1) is 15.4. The summed E-state index contributed by atoms with van der Waals surface area (Å²) in [5, 5.41) is 4.63. The first kappa shape index (κ1) is 24.2. The third kappa shape index (κ3) is 6.27. The summed E-state index contributed by atoms with van der Waals surface area (Å²) in [6.45, 7) is 5.69. The molecule has 0 aliphatic heterocycles. The lowest BCUT2D eigenvalue weighted by Gasteiger charge is -2.25. The molecule has 0 aliphatic rings. The summed E-state index contributed by atoms with van der Waals surface area (Å²) in [4.78, 5) is 26.3. The van der Waals surface area contributed by atoms with Crippen LogP contribution in [0.25, 0.3) is 5.69 Å². The predicted octanol–water partition coefficient (Wildman–Crippen LogP) is 5.37. The van der Waals surface area contributed by atoms with E-state index in [4.69, 9.17) is 17.0 Å². The quantitative estimate of drug-likeness (QED) is 0.230. The fourth-order valence-corrected chi connectivity index (χ4v) is 5.26. The zero-order valence-corrected chi connectivity index (χ0v) is 20.6. The van der Waals surface area contributed by atoms with Crippen LogP contribution >= 0.6 is 35.3 Å². The molecule has 0 unspecified atom stereocenters. The minimum atomic E-state index is -0.416. The lowest BCUT2D eigenvalue weighted by molar-refractivity contribution is -0.144. The maximum absolute atomic E-state index is 12.9. The van der Waals surface area contributed by atoms with Crippen molar-refractivity contribution in [1.29, 1.82) is 0 Å². The van der Waals surface area contributed by atoms with Gasteiger partial charge in [-0.15, -0.1) is 5.10 Å². The summed E-state index contributed by atoms with van der Waals surface area (Å²) in [5.41, 5.74) is 2.51. The number of carbonyl (C=O) groups is 2. The number of benzene rings is 2. The Balaban J connectivity index is 1.72. The Morgan fingerprint density at radius 1 is 1.16 bits per heavy atom. The van der Waals surface area contributed by atoms with Gasteiger partial charge < -0.3 is 9.64 Å². The van der Waals surface area contributed by atoms with Gasteiger partial charge in [0.05, 0.1) is 12.3 Å². The Kier molecular flexibility index (Phi) is 8.60. The van der Waals surface area contributed by atoms with Crippen molar-refractivity contribution in [1.82, 2.24) is 14.7 Å². The van der Waals surface area contributed by atoms with E-state index in [1.165, 1.54) is 21.8 Å². The third-order valence-corrected chi connectivity index (χ3v) is 7.02. The van der Waals surface area contributed by atoms with Gasteiger partial charge in [-0.3, -0.25) is 9.59 Å². The molecule has 0 radical (unpaired) electrons. The topological polar surface area (TPSA) is 64.4 Å². The molecule has 0 spiro atoms. The van der Waals surface area contributed by atoms with Gasteiger partial charge in [0, 0.05) is 17.4 Å². The van der Waals surface area contributed by atoms with Crippen LogP contribution in [0.4, 0.5) is 0 Å². The Morgan fingerprint density at radius 2 is 1.84 bits per heavy atom. The molecule has 0 bridgehead atoms. The number of esters is 1. The minimum absolute atomic E-state index is 0.0781. The number of carbonyl (C=O) groups excluding carboxylic acids is 2. The second-order valence-electron chi connectivity index (χ2n) is 7.20. The Labute approximate surface area is 201 Å². The Bertz CT molecular complexity index is 1110. The van der Waals surface area contributed by atoms with Crippen LogP contribution in [0, 0.1) is 3.95 Å². The largest absolute Gasteiger partial charge is 0.465 e. The third-order valence-electron chi connectivity index (χ3n) is 4.58. The van der Waals surface area contributed by atoms with Crippen LogP contribution < -0.4 is 0 Å². The summed E-state index contributed by atoms with van der Waals surface area (Å²) in [5.74, 6) is 0.184. The second kappa shape index (κ2) is 11.4. The average molecular weight is 488 g/mol. The van der Waals surface area contributed by atoms with Gasteiger partial charge in [-0.05, 0) is 62.8 Å².